The summed E-state index contributed by atoms with van der Waals surface area (Å²) in [5.41, 5.74) is 6.61. The van der Waals surface area contributed by atoms with E-state index in [0.29, 0.717) is 12.3 Å². The van der Waals surface area contributed by atoms with E-state index in [2.05, 4.69) is 29.7 Å². The van der Waals surface area contributed by atoms with Gasteiger partial charge in [-0.3, -0.25) is 11.3 Å². The molecule has 2 nitrogen and oxygen atoms in total. The summed E-state index contributed by atoms with van der Waals surface area (Å²) < 4.78 is 13.5. The van der Waals surface area contributed by atoms with Gasteiger partial charge in [0.1, 0.15) is 5.82 Å². The molecule has 0 radical (unpaired) electrons. The van der Waals surface area contributed by atoms with Gasteiger partial charge in [0, 0.05) is 6.04 Å². The SMILES string of the molecule is NNC(Cc1ccc(Cl)c(F)c1)C1Cc2ccccc2C1. The Morgan fingerprint density at radius 2 is 1.86 bits per heavy atom. The number of rotatable bonds is 4. The van der Waals surface area contributed by atoms with Crippen LogP contribution >= 0.6 is 11.6 Å². The second kappa shape index (κ2) is 6.14. The molecule has 1 aliphatic rings. The molecule has 0 saturated carbocycles. The molecule has 3 N–H and O–H groups in total. The van der Waals surface area contributed by atoms with Crippen LogP contribution in [0.5, 0.6) is 0 Å². The molecule has 0 amide bonds. The van der Waals surface area contributed by atoms with Crippen molar-refractivity contribution in [2.45, 2.75) is 25.3 Å². The van der Waals surface area contributed by atoms with Crippen LogP contribution in [0.15, 0.2) is 42.5 Å². The Hall–Kier alpha value is -1.42. The molecule has 0 bridgehead atoms. The van der Waals surface area contributed by atoms with E-state index in [4.69, 9.17) is 17.4 Å². The lowest BCUT2D eigenvalue weighted by Gasteiger charge is -2.22. The fourth-order valence-corrected chi connectivity index (χ4v) is 3.28. The first kappa shape index (κ1) is 14.5. The van der Waals surface area contributed by atoms with Gasteiger partial charge in [-0.1, -0.05) is 41.9 Å². The maximum Gasteiger partial charge on any atom is 0.142 e. The highest BCUT2D eigenvalue weighted by Crippen LogP contribution is 2.30. The highest BCUT2D eigenvalue weighted by molar-refractivity contribution is 6.30. The summed E-state index contributed by atoms with van der Waals surface area (Å²) in [5.74, 6) is 5.79. The zero-order valence-corrected chi connectivity index (χ0v) is 12.4. The van der Waals surface area contributed by atoms with Gasteiger partial charge < -0.3 is 0 Å². The summed E-state index contributed by atoms with van der Waals surface area (Å²) in [5, 5.41) is 0.157. The van der Waals surface area contributed by atoms with Crippen LogP contribution in [0.3, 0.4) is 0 Å². The first-order valence-corrected chi connectivity index (χ1v) is 7.52. The number of hydrogen-bond acceptors (Lipinski definition) is 2. The van der Waals surface area contributed by atoms with E-state index in [1.54, 1.807) is 6.07 Å². The molecule has 0 saturated heterocycles. The van der Waals surface area contributed by atoms with Crippen LogP contribution in [0.2, 0.25) is 5.02 Å². The van der Waals surface area contributed by atoms with Crippen molar-refractivity contribution in [2.24, 2.45) is 11.8 Å². The van der Waals surface area contributed by atoms with E-state index in [1.165, 1.54) is 17.2 Å². The molecule has 1 aliphatic carbocycles. The normalized spacial score (nSPS) is 16.0. The van der Waals surface area contributed by atoms with Crippen LogP contribution in [0.4, 0.5) is 4.39 Å². The lowest BCUT2D eigenvalue weighted by Crippen LogP contribution is -2.42. The van der Waals surface area contributed by atoms with Gasteiger partial charge in [0.15, 0.2) is 0 Å². The maximum absolute atomic E-state index is 13.5. The first-order chi connectivity index (χ1) is 10.2. The zero-order valence-electron chi connectivity index (χ0n) is 11.7. The fraction of sp³-hybridized carbons (Fsp3) is 0.294. The van der Waals surface area contributed by atoms with E-state index in [0.717, 1.165) is 18.4 Å². The van der Waals surface area contributed by atoms with Gasteiger partial charge >= 0.3 is 0 Å². The maximum atomic E-state index is 13.5. The minimum absolute atomic E-state index is 0.123. The molecule has 2 aromatic carbocycles. The molecule has 0 aromatic heterocycles. The average Bonchev–Trinajstić information content (AvgIpc) is 2.92. The van der Waals surface area contributed by atoms with E-state index < -0.39 is 0 Å². The average molecular weight is 305 g/mol. The third kappa shape index (κ3) is 3.10. The minimum atomic E-state index is -0.375. The van der Waals surface area contributed by atoms with Crippen molar-refractivity contribution in [3.8, 4) is 0 Å². The Morgan fingerprint density at radius 1 is 1.19 bits per heavy atom. The number of halogens is 2. The van der Waals surface area contributed by atoms with E-state index in [1.807, 2.05) is 6.07 Å². The molecule has 1 atom stereocenters. The van der Waals surface area contributed by atoms with Crippen LogP contribution in [0, 0.1) is 11.7 Å². The Kier molecular flexibility index (Phi) is 4.24. The van der Waals surface area contributed by atoms with Crippen molar-refractivity contribution in [3.05, 3.63) is 70.0 Å². The number of fused-ring (bicyclic) bond motifs is 1. The largest absolute Gasteiger partial charge is 0.271 e. The molecule has 1 unspecified atom stereocenters. The lowest BCUT2D eigenvalue weighted by atomic mass is 9.91. The van der Waals surface area contributed by atoms with E-state index in [9.17, 15) is 4.39 Å². The van der Waals surface area contributed by atoms with Crippen LogP contribution < -0.4 is 11.3 Å². The summed E-state index contributed by atoms with van der Waals surface area (Å²) in [6.45, 7) is 0. The Bertz CT molecular complexity index is 619. The van der Waals surface area contributed by atoms with E-state index >= 15 is 0 Å². The first-order valence-electron chi connectivity index (χ1n) is 7.14. The molecule has 0 aliphatic heterocycles. The second-order valence-electron chi connectivity index (χ2n) is 5.66. The number of hydrazine groups is 1. The monoisotopic (exact) mass is 304 g/mol. The van der Waals surface area contributed by atoms with Crippen molar-refractivity contribution in [3.63, 3.8) is 0 Å². The molecule has 0 fully saturated rings. The van der Waals surface area contributed by atoms with Gasteiger partial charge in [0.2, 0.25) is 0 Å². The van der Waals surface area contributed by atoms with Gasteiger partial charge in [-0.15, -0.1) is 0 Å². The van der Waals surface area contributed by atoms with Crippen molar-refractivity contribution in [2.75, 3.05) is 0 Å². The lowest BCUT2D eigenvalue weighted by molar-refractivity contribution is 0.366. The Balaban J connectivity index is 1.73. The predicted molar refractivity (Wildman–Crippen MR) is 83.6 cm³/mol. The molecular weight excluding hydrogens is 287 g/mol. The zero-order chi connectivity index (χ0) is 14.8. The topological polar surface area (TPSA) is 38.0 Å². The molecule has 110 valence electrons. The third-order valence-corrected chi connectivity index (χ3v) is 4.61. The molecule has 2 aromatic rings. The minimum Gasteiger partial charge on any atom is -0.271 e. The second-order valence-corrected chi connectivity index (χ2v) is 6.07. The summed E-state index contributed by atoms with van der Waals surface area (Å²) >= 11 is 5.72. The van der Waals surface area contributed by atoms with Gasteiger partial charge in [-0.05, 0) is 54.0 Å². The van der Waals surface area contributed by atoms with Gasteiger partial charge in [0.05, 0.1) is 5.02 Å². The standard InChI is InChI=1S/C17H18ClFN2/c18-15-6-5-11(7-16(15)19)8-17(21-20)14-9-12-3-1-2-4-13(12)10-14/h1-7,14,17,21H,8-10,20H2. The fourth-order valence-electron chi connectivity index (χ4n) is 3.16. The Labute approximate surface area is 129 Å². The van der Waals surface area contributed by atoms with Crippen molar-refractivity contribution >= 4 is 11.6 Å². The van der Waals surface area contributed by atoms with Crippen molar-refractivity contribution < 1.29 is 4.39 Å². The Morgan fingerprint density at radius 3 is 2.43 bits per heavy atom. The van der Waals surface area contributed by atoms with E-state index in [-0.39, 0.29) is 16.9 Å². The highest BCUT2D eigenvalue weighted by atomic mass is 35.5. The molecular formula is C17H18ClFN2. The molecule has 0 heterocycles. The number of nitrogens with two attached hydrogens (primary N) is 1. The van der Waals surface area contributed by atoms with Crippen LogP contribution in [0.1, 0.15) is 16.7 Å². The summed E-state index contributed by atoms with van der Waals surface area (Å²) in [6, 6.07) is 13.6. The molecule has 21 heavy (non-hydrogen) atoms. The summed E-state index contributed by atoms with van der Waals surface area (Å²) in [4.78, 5) is 0. The molecule has 4 heteroatoms. The van der Waals surface area contributed by atoms with Crippen LogP contribution in [-0.2, 0) is 19.3 Å². The summed E-state index contributed by atoms with van der Waals surface area (Å²) in [6.07, 6.45) is 2.73. The van der Waals surface area contributed by atoms with Crippen molar-refractivity contribution in [1.82, 2.24) is 5.43 Å². The summed E-state index contributed by atoms with van der Waals surface area (Å²) in [7, 11) is 0. The predicted octanol–water partition coefficient (Wildman–Crippen LogP) is 3.27. The quantitative estimate of drug-likeness (QED) is 0.672. The van der Waals surface area contributed by atoms with Gasteiger partial charge in [0.25, 0.3) is 0 Å². The highest BCUT2D eigenvalue weighted by Gasteiger charge is 2.28. The van der Waals surface area contributed by atoms with Gasteiger partial charge in [-0.2, -0.15) is 0 Å². The number of nitrogens with one attached hydrogen (secondary N) is 1. The molecule has 0 spiro atoms. The van der Waals surface area contributed by atoms with Gasteiger partial charge in [-0.25, -0.2) is 4.39 Å². The van der Waals surface area contributed by atoms with Crippen LogP contribution in [-0.4, -0.2) is 6.04 Å². The third-order valence-electron chi connectivity index (χ3n) is 4.31. The van der Waals surface area contributed by atoms with Crippen LogP contribution in [0.25, 0.3) is 0 Å². The smallest absolute Gasteiger partial charge is 0.142 e. The molecule has 3 rings (SSSR count). The number of hydrogen-bond donors (Lipinski definition) is 2. The van der Waals surface area contributed by atoms with Crippen molar-refractivity contribution in [1.29, 1.82) is 0 Å². The number of benzene rings is 2.